The van der Waals surface area contributed by atoms with Gasteiger partial charge < -0.3 is 4.74 Å². The first kappa shape index (κ1) is 19.8. The van der Waals surface area contributed by atoms with Gasteiger partial charge in [-0.05, 0) is 37.6 Å². The number of aromatic amines is 2. The molecule has 8 heteroatoms. The van der Waals surface area contributed by atoms with Crippen LogP contribution in [0.25, 0.3) is 10.9 Å². The number of piperidine rings is 1. The van der Waals surface area contributed by atoms with E-state index in [1.165, 1.54) is 56.5 Å². The lowest BCUT2D eigenvalue weighted by Crippen LogP contribution is -2.28. The minimum absolute atomic E-state index is 0.108. The minimum Gasteiger partial charge on any atom is -0.422 e. The lowest BCUT2D eigenvalue weighted by molar-refractivity contribution is 0.221. The van der Waals surface area contributed by atoms with Crippen LogP contribution >= 0.6 is 0 Å². The Kier molecular flexibility index (Phi) is 6.46. The summed E-state index contributed by atoms with van der Waals surface area (Å²) in [5.41, 5.74) is 1.66. The van der Waals surface area contributed by atoms with Crippen molar-refractivity contribution in [2.24, 2.45) is 0 Å². The highest BCUT2D eigenvalue weighted by Gasteiger charge is 2.09. The number of pyridine rings is 1. The van der Waals surface area contributed by atoms with Crippen molar-refractivity contribution in [3.8, 4) is 11.8 Å². The summed E-state index contributed by atoms with van der Waals surface area (Å²) >= 11 is 0. The average molecular weight is 404 g/mol. The van der Waals surface area contributed by atoms with Gasteiger partial charge in [-0.2, -0.15) is 10.1 Å². The number of rotatable bonds is 4. The van der Waals surface area contributed by atoms with Crippen LogP contribution in [0.15, 0.2) is 66.0 Å². The highest BCUT2D eigenvalue weighted by atomic mass is 16.5. The van der Waals surface area contributed by atoms with Crippen molar-refractivity contribution in [2.45, 2.75) is 25.8 Å². The molecule has 5 rings (SSSR count). The maximum atomic E-state index is 11.7. The summed E-state index contributed by atoms with van der Waals surface area (Å²) < 4.78 is 5.32. The fraction of sp³-hybridized carbons (Fsp3) is 0.273. The van der Waals surface area contributed by atoms with Crippen molar-refractivity contribution in [3.05, 3.63) is 77.1 Å². The molecule has 1 aromatic carbocycles. The molecular weight excluding hydrogens is 380 g/mol. The third-order valence-electron chi connectivity index (χ3n) is 4.87. The average Bonchev–Trinajstić information content (AvgIpc) is 3.29. The minimum atomic E-state index is -0.268. The maximum Gasteiger partial charge on any atom is 0.302 e. The Morgan fingerprint density at radius 3 is 2.63 bits per heavy atom. The second-order valence-electron chi connectivity index (χ2n) is 7.12. The number of nitrogens with zero attached hydrogens (tertiary/aromatic N) is 4. The Balaban J connectivity index is 0.000000151. The molecule has 4 aromatic rings. The lowest BCUT2D eigenvalue weighted by atomic mass is 10.1. The van der Waals surface area contributed by atoms with Crippen molar-refractivity contribution >= 4 is 10.9 Å². The fourth-order valence-corrected chi connectivity index (χ4v) is 3.38. The number of fused-ring (bicyclic) bond motifs is 1. The van der Waals surface area contributed by atoms with E-state index < -0.39 is 0 Å². The fourth-order valence-electron chi connectivity index (χ4n) is 3.38. The lowest BCUT2D eigenvalue weighted by Gasteiger charge is -2.26. The number of likely N-dealkylation sites (tertiary alicyclic amines) is 1. The van der Waals surface area contributed by atoms with Crippen LogP contribution in [0.2, 0.25) is 0 Å². The highest BCUT2D eigenvalue weighted by molar-refractivity contribution is 5.76. The van der Waals surface area contributed by atoms with Gasteiger partial charge in [0.05, 0.1) is 29.5 Å². The maximum absolute atomic E-state index is 11.7. The first-order valence-electron chi connectivity index (χ1n) is 10.0. The van der Waals surface area contributed by atoms with E-state index in [2.05, 4.69) is 60.4 Å². The molecule has 2 N–H and O–H groups in total. The topological polar surface area (TPSA) is 99.8 Å². The number of aromatic nitrogens is 5. The molecule has 154 valence electrons. The third-order valence-corrected chi connectivity index (χ3v) is 4.87. The van der Waals surface area contributed by atoms with E-state index >= 15 is 0 Å². The van der Waals surface area contributed by atoms with Gasteiger partial charge in [0, 0.05) is 12.7 Å². The van der Waals surface area contributed by atoms with Crippen LogP contribution in [-0.2, 0) is 6.54 Å². The highest BCUT2D eigenvalue weighted by Crippen LogP contribution is 2.15. The second-order valence-corrected chi connectivity index (χ2v) is 7.12. The Hall–Kier alpha value is -3.52. The molecule has 0 aliphatic carbocycles. The molecule has 1 aliphatic rings. The molecule has 0 unspecified atom stereocenters. The summed E-state index contributed by atoms with van der Waals surface area (Å²) in [6.07, 6.45) is 10.3. The van der Waals surface area contributed by atoms with E-state index in [4.69, 9.17) is 4.74 Å². The van der Waals surface area contributed by atoms with Gasteiger partial charge in [0.1, 0.15) is 0 Å². The molecule has 3 aromatic heterocycles. The number of hydrogen-bond donors (Lipinski definition) is 2. The molecule has 4 heterocycles. The van der Waals surface area contributed by atoms with Gasteiger partial charge in [-0.15, -0.1) is 0 Å². The summed E-state index contributed by atoms with van der Waals surface area (Å²) in [5.74, 6) is 0.469. The van der Waals surface area contributed by atoms with Crippen LogP contribution < -0.4 is 10.3 Å². The van der Waals surface area contributed by atoms with Crippen LogP contribution in [0.5, 0.6) is 11.8 Å². The van der Waals surface area contributed by atoms with E-state index in [1.54, 1.807) is 12.3 Å². The summed E-state index contributed by atoms with van der Waals surface area (Å²) in [6.45, 7) is 3.71. The molecule has 0 spiro atoms. The van der Waals surface area contributed by atoms with E-state index in [1.807, 2.05) is 0 Å². The molecule has 8 nitrogen and oxygen atoms in total. The Morgan fingerprint density at radius 2 is 1.87 bits per heavy atom. The van der Waals surface area contributed by atoms with Gasteiger partial charge >= 0.3 is 6.01 Å². The summed E-state index contributed by atoms with van der Waals surface area (Å²) in [4.78, 5) is 24.8. The Morgan fingerprint density at radius 1 is 1.03 bits per heavy atom. The summed E-state index contributed by atoms with van der Waals surface area (Å²) in [6, 6.07) is 12.5. The van der Waals surface area contributed by atoms with Gasteiger partial charge in [-0.25, -0.2) is 0 Å². The number of benzene rings is 1. The molecule has 0 bridgehead atoms. The van der Waals surface area contributed by atoms with Crippen molar-refractivity contribution < 1.29 is 4.74 Å². The quantitative estimate of drug-likeness (QED) is 0.540. The van der Waals surface area contributed by atoms with Crippen LogP contribution in [0.4, 0.5) is 0 Å². The van der Waals surface area contributed by atoms with Crippen molar-refractivity contribution in [3.63, 3.8) is 0 Å². The van der Waals surface area contributed by atoms with E-state index in [0.29, 0.717) is 16.7 Å². The molecule has 1 aliphatic heterocycles. The van der Waals surface area contributed by atoms with Crippen LogP contribution in [0, 0.1) is 0 Å². The van der Waals surface area contributed by atoms with Gasteiger partial charge in [0.2, 0.25) is 0 Å². The van der Waals surface area contributed by atoms with Gasteiger partial charge in [0.25, 0.3) is 5.56 Å². The van der Waals surface area contributed by atoms with Gasteiger partial charge in [0.15, 0.2) is 5.75 Å². The van der Waals surface area contributed by atoms with E-state index in [-0.39, 0.29) is 11.6 Å². The Bertz CT molecular complexity index is 1110. The molecule has 30 heavy (non-hydrogen) atoms. The zero-order valence-corrected chi connectivity index (χ0v) is 16.6. The molecule has 0 atom stereocenters. The van der Waals surface area contributed by atoms with Crippen molar-refractivity contribution in [1.29, 1.82) is 0 Å². The van der Waals surface area contributed by atoms with Crippen molar-refractivity contribution in [2.75, 3.05) is 13.1 Å². The third kappa shape index (κ3) is 5.30. The zero-order valence-electron chi connectivity index (χ0n) is 16.6. The normalized spacial score (nSPS) is 14.1. The monoisotopic (exact) mass is 404 g/mol. The number of hydrogen-bond acceptors (Lipinski definition) is 6. The largest absolute Gasteiger partial charge is 0.422 e. The first-order chi connectivity index (χ1) is 14.8. The van der Waals surface area contributed by atoms with Crippen molar-refractivity contribution in [1.82, 2.24) is 30.0 Å². The zero-order chi connectivity index (χ0) is 20.6. The molecule has 0 saturated carbocycles. The number of nitrogens with one attached hydrogen (secondary N) is 2. The molecule has 0 radical (unpaired) electrons. The molecule has 1 fully saturated rings. The summed E-state index contributed by atoms with van der Waals surface area (Å²) in [5, 5.41) is 6.79. The standard InChI is InChI=1S/C12H17N.C10H7N5O2/c1-3-7-12(8-4-1)11-13-9-5-2-6-10-13;16-9-7-1-2-11-5-8(7)14-10(15-9)17-6-3-12-13-4-6/h1,3-4,7-8H,2,5-6,9-11H2;1-5H,(H,12,13)(H,14,15,16). The number of H-pyrrole nitrogens is 2. The van der Waals surface area contributed by atoms with E-state index in [0.717, 1.165) is 6.54 Å². The predicted octanol–water partition coefficient (Wildman–Crippen LogP) is 3.51. The first-order valence-corrected chi connectivity index (χ1v) is 10.0. The number of ether oxygens (including phenoxy) is 1. The van der Waals surface area contributed by atoms with Gasteiger partial charge in [-0.3, -0.25) is 24.8 Å². The predicted molar refractivity (Wildman–Crippen MR) is 114 cm³/mol. The molecule has 0 amide bonds. The van der Waals surface area contributed by atoms with Crippen LogP contribution in [0.1, 0.15) is 24.8 Å². The molecule has 1 saturated heterocycles. The van der Waals surface area contributed by atoms with Crippen LogP contribution in [-0.4, -0.2) is 43.1 Å². The Labute approximate surface area is 174 Å². The summed E-state index contributed by atoms with van der Waals surface area (Å²) in [7, 11) is 0. The van der Waals surface area contributed by atoms with E-state index in [9.17, 15) is 4.79 Å². The molecular formula is C22H24N6O2. The smallest absolute Gasteiger partial charge is 0.302 e. The van der Waals surface area contributed by atoms with Gasteiger partial charge in [-0.1, -0.05) is 36.8 Å². The van der Waals surface area contributed by atoms with Crippen LogP contribution in [0.3, 0.4) is 0 Å². The SMILES string of the molecule is O=c1[nH]c(Oc2cn[nH]c2)nc2cnccc12.c1ccc(CN2CCCCC2)cc1. The second kappa shape index (κ2) is 9.80.